The lowest BCUT2D eigenvalue weighted by Crippen LogP contribution is -2.39. The van der Waals surface area contributed by atoms with E-state index < -0.39 is 0 Å². The van der Waals surface area contributed by atoms with Crippen LogP contribution in [0.4, 0.5) is 0 Å². The third-order valence-electron chi connectivity index (χ3n) is 3.43. The molecule has 6 heteroatoms. The van der Waals surface area contributed by atoms with E-state index in [9.17, 15) is 4.79 Å². The molecular weight excluding hydrogens is 272 g/mol. The Kier molecular flexibility index (Phi) is 3.12. The van der Waals surface area contributed by atoms with Crippen molar-refractivity contribution in [3.63, 3.8) is 0 Å². The maximum Gasteiger partial charge on any atom is 0.184 e. The largest absolute Gasteiger partial charge is 0.330 e. The molecule has 0 amide bonds. The van der Waals surface area contributed by atoms with Gasteiger partial charge in [-0.05, 0) is 40.7 Å². The predicted molar refractivity (Wildman–Crippen MR) is 63.0 cm³/mol. The molecule has 88 valence electrons. The van der Waals surface area contributed by atoms with Crippen LogP contribution in [0.2, 0.25) is 0 Å². The summed E-state index contributed by atoms with van der Waals surface area (Å²) in [5.41, 5.74) is 6.31. The number of hydrogen-bond acceptors (Lipinski definition) is 4. The fourth-order valence-corrected chi connectivity index (χ4v) is 2.73. The van der Waals surface area contributed by atoms with Gasteiger partial charge in [0, 0.05) is 13.5 Å². The summed E-state index contributed by atoms with van der Waals surface area (Å²) in [4.78, 5) is 12.1. The second kappa shape index (κ2) is 4.25. The molecule has 0 spiro atoms. The van der Waals surface area contributed by atoms with Crippen LogP contribution in [0.5, 0.6) is 0 Å². The third kappa shape index (κ3) is 1.91. The van der Waals surface area contributed by atoms with Crippen molar-refractivity contribution in [3.05, 3.63) is 10.3 Å². The lowest BCUT2D eigenvalue weighted by atomic mass is 9.66. The molecule has 1 aromatic rings. The molecule has 5 nitrogen and oxygen atoms in total. The highest BCUT2D eigenvalue weighted by Gasteiger charge is 2.38. The molecule has 1 aliphatic carbocycles. The van der Waals surface area contributed by atoms with E-state index >= 15 is 0 Å². The minimum absolute atomic E-state index is 0.0286. The summed E-state index contributed by atoms with van der Waals surface area (Å²) in [5.74, 6) is 0.0736. The van der Waals surface area contributed by atoms with Crippen LogP contribution in [-0.2, 0) is 7.05 Å². The summed E-state index contributed by atoms with van der Waals surface area (Å²) in [5, 5.41) is 7.62. The third-order valence-corrected chi connectivity index (χ3v) is 3.97. The average molecular weight is 287 g/mol. The second-order valence-electron chi connectivity index (χ2n) is 4.51. The molecule has 1 fully saturated rings. The van der Waals surface area contributed by atoms with Crippen molar-refractivity contribution in [1.29, 1.82) is 0 Å². The zero-order valence-electron chi connectivity index (χ0n) is 9.24. The van der Waals surface area contributed by atoms with Crippen LogP contribution in [0.15, 0.2) is 4.60 Å². The van der Waals surface area contributed by atoms with Gasteiger partial charge in [0.25, 0.3) is 0 Å². The second-order valence-corrected chi connectivity index (χ2v) is 5.26. The molecule has 0 saturated heterocycles. The average Bonchev–Trinajstić information content (AvgIpc) is 2.52. The van der Waals surface area contributed by atoms with Crippen LogP contribution >= 0.6 is 15.9 Å². The zero-order chi connectivity index (χ0) is 11.8. The zero-order valence-corrected chi connectivity index (χ0v) is 10.8. The van der Waals surface area contributed by atoms with Gasteiger partial charge >= 0.3 is 0 Å². The van der Waals surface area contributed by atoms with E-state index in [1.807, 2.05) is 0 Å². The van der Waals surface area contributed by atoms with E-state index in [4.69, 9.17) is 5.73 Å². The molecule has 0 bridgehead atoms. The number of nitrogens with zero attached hydrogens (tertiary/aromatic N) is 3. The minimum Gasteiger partial charge on any atom is -0.330 e. The van der Waals surface area contributed by atoms with Crippen LogP contribution in [-0.4, -0.2) is 27.3 Å². The number of Topliss-reactive ketones (excluding diaryl/α,β-unsaturated/α-hetero) is 1. The lowest BCUT2D eigenvalue weighted by molar-refractivity contribution is 0.0776. The van der Waals surface area contributed by atoms with E-state index in [2.05, 4.69) is 26.2 Å². The first kappa shape index (κ1) is 11.7. The molecule has 1 saturated carbocycles. The summed E-state index contributed by atoms with van der Waals surface area (Å²) < 4.78 is 2.03. The van der Waals surface area contributed by atoms with Gasteiger partial charge in [-0.2, -0.15) is 0 Å². The van der Waals surface area contributed by atoms with E-state index in [0.717, 1.165) is 12.8 Å². The first-order valence-corrected chi connectivity index (χ1v) is 6.16. The van der Waals surface area contributed by atoms with Gasteiger partial charge in [0.2, 0.25) is 0 Å². The van der Waals surface area contributed by atoms with Crippen LogP contribution in [0, 0.1) is 5.41 Å². The topological polar surface area (TPSA) is 73.8 Å². The minimum atomic E-state index is 0.0286. The first-order valence-electron chi connectivity index (χ1n) is 5.36. The van der Waals surface area contributed by atoms with Crippen molar-refractivity contribution >= 4 is 21.7 Å². The maximum absolute atomic E-state index is 12.1. The predicted octanol–water partition coefficient (Wildman–Crippen LogP) is 1.28. The first-order chi connectivity index (χ1) is 7.58. The highest BCUT2D eigenvalue weighted by molar-refractivity contribution is 9.10. The summed E-state index contributed by atoms with van der Waals surface area (Å²) in [6, 6.07) is 0. The van der Waals surface area contributed by atoms with E-state index in [-0.39, 0.29) is 11.2 Å². The maximum atomic E-state index is 12.1. The number of hydrogen-bond donors (Lipinski definition) is 1. The van der Waals surface area contributed by atoms with Gasteiger partial charge in [-0.25, -0.2) is 4.68 Å². The monoisotopic (exact) mass is 286 g/mol. The Bertz CT molecular complexity index is 386. The lowest BCUT2D eigenvalue weighted by Gasteiger charge is -2.40. The molecule has 0 aromatic carbocycles. The van der Waals surface area contributed by atoms with E-state index in [1.54, 1.807) is 7.05 Å². The molecule has 1 aliphatic rings. The van der Waals surface area contributed by atoms with Gasteiger partial charge < -0.3 is 5.73 Å². The van der Waals surface area contributed by atoms with Crippen molar-refractivity contribution in [2.75, 3.05) is 6.54 Å². The Labute approximate surface area is 103 Å². The SMILES string of the molecule is Cn1nnc(Br)c1C(=O)CC1(CN)CCC1. The summed E-state index contributed by atoms with van der Waals surface area (Å²) in [6.45, 7) is 0.585. The van der Waals surface area contributed by atoms with Crippen molar-refractivity contribution in [1.82, 2.24) is 15.0 Å². The Hall–Kier alpha value is -0.750. The quantitative estimate of drug-likeness (QED) is 0.847. The number of nitrogens with two attached hydrogens (primary N) is 1. The smallest absolute Gasteiger partial charge is 0.184 e. The van der Waals surface area contributed by atoms with Gasteiger partial charge in [0.1, 0.15) is 5.69 Å². The number of ketones is 1. The molecule has 0 aliphatic heterocycles. The molecule has 1 heterocycles. The molecule has 16 heavy (non-hydrogen) atoms. The van der Waals surface area contributed by atoms with Crippen LogP contribution in [0.3, 0.4) is 0 Å². The van der Waals surface area contributed by atoms with Gasteiger partial charge in [0.15, 0.2) is 10.4 Å². The van der Waals surface area contributed by atoms with E-state index in [0.29, 0.717) is 23.3 Å². The van der Waals surface area contributed by atoms with Gasteiger partial charge in [-0.15, -0.1) is 5.10 Å². The van der Waals surface area contributed by atoms with Gasteiger partial charge in [0.05, 0.1) is 0 Å². The van der Waals surface area contributed by atoms with E-state index in [1.165, 1.54) is 11.1 Å². The molecule has 2 N–H and O–H groups in total. The fourth-order valence-electron chi connectivity index (χ4n) is 2.18. The van der Waals surface area contributed by atoms with Crippen LogP contribution in [0.25, 0.3) is 0 Å². The Balaban J connectivity index is 2.14. The Morgan fingerprint density at radius 2 is 2.31 bits per heavy atom. The number of carbonyl (C=O) groups excluding carboxylic acids is 1. The molecule has 0 unspecified atom stereocenters. The number of aromatic nitrogens is 3. The van der Waals surface area contributed by atoms with Crippen LogP contribution in [0.1, 0.15) is 36.2 Å². The summed E-state index contributed by atoms with van der Waals surface area (Å²) >= 11 is 3.24. The highest BCUT2D eigenvalue weighted by Crippen LogP contribution is 2.43. The van der Waals surface area contributed by atoms with Crippen molar-refractivity contribution in [2.24, 2.45) is 18.2 Å². The normalized spacial score (nSPS) is 18.2. The van der Waals surface area contributed by atoms with Crippen molar-refractivity contribution < 1.29 is 4.79 Å². The number of aryl methyl sites for hydroxylation is 1. The van der Waals surface area contributed by atoms with Gasteiger partial charge in [-0.1, -0.05) is 11.6 Å². The number of halogens is 1. The molecule has 0 atom stereocenters. The summed E-state index contributed by atoms with van der Waals surface area (Å²) in [7, 11) is 1.72. The molecule has 2 rings (SSSR count). The highest BCUT2D eigenvalue weighted by atomic mass is 79.9. The molecule has 0 radical (unpaired) electrons. The number of rotatable bonds is 4. The molecular formula is C10H15BrN4O. The standard InChI is InChI=1S/C10H15BrN4O/c1-15-8(9(11)13-14-15)7(16)5-10(6-12)3-2-4-10/h2-6,12H2,1H3. The molecule has 1 aromatic heterocycles. The van der Waals surface area contributed by atoms with Gasteiger partial charge in [-0.3, -0.25) is 4.79 Å². The van der Waals surface area contributed by atoms with Crippen molar-refractivity contribution in [2.45, 2.75) is 25.7 Å². The summed E-state index contributed by atoms with van der Waals surface area (Å²) in [6.07, 6.45) is 3.79. The Morgan fingerprint density at radius 1 is 1.62 bits per heavy atom. The van der Waals surface area contributed by atoms with Crippen LogP contribution < -0.4 is 5.73 Å². The fraction of sp³-hybridized carbons (Fsp3) is 0.700. The number of carbonyl (C=O) groups is 1. The van der Waals surface area contributed by atoms with Crippen molar-refractivity contribution in [3.8, 4) is 0 Å². The Morgan fingerprint density at radius 3 is 2.69 bits per heavy atom.